The van der Waals surface area contributed by atoms with Gasteiger partial charge in [-0.05, 0) is 50.7 Å². The van der Waals surface area contributed by atoms with E-state index < -0.39 is 0 Å². The summed E-state index contributed by atoms with van der Waals surface area (Å²) in [6, 6.07) is 0.521. The topological polar surface area (TPSA) is 32.3 Å². The molecular formula is C15H26N2OS. The summed E-state index contributed by atoms with van der Waals surface area (Å²) < 4.78 is 0. The smallest absolute Gasteiger partial charge is 0.229 e. The van der Waals surface area contributed by atoms with Crippen LogP contribution in [0.5, 0.6) is 0 Å². The third kappa shape index (κ3) is 3.91. The highest BCUT2D eigenvalue weighted by Gasteiger charge is 2.26. The molecule has 0 aromatic carbocycles. The molecule has 2 aliphatic rings. The molecule has 108 valence electrons. The maximum Gasteiger partial charge on any atom is 0.229 e. The summed E-state index contributed by atoms with van der Waals surface area (Å²) in [5, 5.41) is 3.67. The predicted octanol–water partition coefficient (Wildman–Crippen LogP) is 3.23. The van der Waals surface area contributed by atoms with Crippen LogP contribution in [0.25, 0.3) is 0 Å². The van der Waals surface area contributed by atoms with Crippen molar-refractivity contribution >= 4 is 23.2 Å². The van der Waals surface area contributed by atoms with E-state index in [-0.39, 0.29) is 11.8 Å². The van der Waals surface area contributed by atoms with Crippen LogP contribution in [0.1, 0.15) is 64.7 Å². The van der Waals surface area contributed by atoms with Gasteiger partial charge in [0.15, 0.2) is 5.11 Å². The van der Waals surface area contributed by atoms with Crippen LogP contribution in [0, 0.1) is 5.92 Å². The van der Waals surface area contributed by atoms with Crippen molar-refractivity contribution in [3.63, 3.8) is 0 Å². The summed E-state index contributed by atoms with van der Waals surface area (Å²) in [5.74, 6) is 0.349. The van der Waals surface area contributed by atoms with Crippen molar-refractivity contribution in [3.8, 4) is 0 Å². The molecule has 0 unspecified atom stereocenters. The van der Waals surface area contributed by atoms with Crippen LogP contribution in [0.15, 0.2) is 0 Å². The standard InChI is InChI=1S/C15H26N2OS/c1-2-13-10-6-7-11-17(13)15(19)16-14(18)12-8-4-3-5-9-12/h12-13H,2-11H2,1H3,(H,16,18,19)/t13-/m0/s1. The summed E-state index contributed by atoms with van der Waals surface area (Å²) in [7, 11) is 0. The number of rotatable bonds is 2. The van der Waals surface area contributed by atoms with Gasteiger partial charge in [-0.25, -0.2) is 0 Å². The molecule has 4 heteroatoms. The van der Waals surface area contributed by atoms with Crippen molar-refractivity contribution in [1.29, 1.82) is 0 Å². The van der Waals surface area contributed by atoms with Gasteiger partial charge < -0.3 is 10.2 Å². The number of nitrogens with one attached hydrogen (secondary N) is 1. The van der Waals surface area contributed by atoms with Crippen LogP contribution in [0.3, 0.4) is 0 Å². The van der Waals surface area contributed by atoms with E-state index in [9.17, 15) is 4.79 Å². The molecule has 1 saturated heterocycles. The SMILES string of the molecule is CC[C@H]1CCCCN1C(=S)NC(=O)C1CCCCC1. The fourth-order valence-electron chi connectivity index (χ4n) is 3.34. The van der Waals surface area contributed by atoms with Gasteiger partial charge in [-0.2, -0.15) is 0 Å². The molecule has 1 aliphatic carbocycles. The molecule has 1 saturated carbocycles. The molecule has 2 rings (SSSR count). The molecule has 0 aromatic heterocycles. The molecule has 1 N–H and O–H groups in total. The molecule has 0 spiro atoms. The van der Waals surface area contributed by atoms with E-state index in [4.69, 9.17) is 12.2 Å². The largest absolute Gasteiger partial charge is 0.346 e. The van der Waals surface area contributed by atoms with Gasteiger partial charge in [-0.15, -0.1) is 0 Å². The molecule has 2 fully saturated rings. The number of thiocarbonyl (C=S) groups is 1. The van der Waals surface area contributed by atoms with Gasteiger partial charge in [0.05, 0.1) is 0 Å². The van der Waals surface area contributed by atoms with Crippen molar-refractivity contribution in [2.24, 2.45) is 5.92 Å². The lowest BCUT2D eigenvalue weighted by molar-refractivity contribution is -0.124. The normalized spacial score (nSPS) is 25.1. The van der Waals surface area contributed by atoms with E-state index in [1.165, 1.54) is 38.5 Å². The monoisotopic (exact) mass is 282 g/mol. The second-order valence-corrected chi connectivity index (χ2v) is 6.27. The first-order valence-corrected chi connectivity index (χ1v) is 8.24. The van der Waals surface area contributed by atoms with Gasteiger partial charge in [0.2, 0.25) is 5.91 Å². The van der Waals surface area contributed by atoms with Crippen molar-refractivity contribution in [1.82, 2.24) is 10.2 Å². The summed E-state index contributed by atoms with van der Waals surface area (Å²) >= 11 is 5.46. The van der Waals surface area contributed by atoms with Crippen LogP contribution >= 0.6 is 12.2 Å². The third-order valence-electron chi connectivity index (χ3n) is 4.57. The summed E-state index contributed by atoms with van der Waals surface area (Å²) in [6.45, 7) is 3.21. The number of likely N-dealkylation sites (tertiary alicyclic amines) is 1. The van der Waals surface area contributed by atoms with E-state index in [0.717, 1.165) is 25.8 Å². The van der Waals surface area contributed by atoms with Crippen LogP contribution in [0.2, 0.25) is 0 Å². The lowest BCUT2D eigenvalue weighted by Gasteiger charge is -2.37. The third-order valence-corrected chi connectivity index (χ3v) is 4.90. The van der Waals surface area contributed by atoms with Gasteiger partial charge in [0.25, 0.3) is 0 Å². The zero-order chi connectivity index (χ0) is 13.7. The van der Waals surface area contributed by atoms with Crippen LogP contribution in [-0.2, 0) is 4.79 Å². The first kappa shape index (κ1) is 14.8. The Hall–Kier alpha value is -0.640. The maximum atomic E-state index is 12.2. The summed E-state index contributed by atoms with van der Waals surface area (Å²) in [5.41, 5.74) is 0. The molecule has 0 radical (unpaired) electrons. The highest BCUT2D eigenvalue weighted by molar-refractivity contribution is 7.80. The minimum atomic E-state index is 0.158. The average Bonchev–Trinajstić information content (AvgIpc) is 2.48. The minimum absolute atomic E-state index is 0.158. The highest BCUT2D eigenvalue weighted by atomic mass is 32.1. The van der Waals surface area contributed by atoms with Crippen LogP contribution < -0.4 is 5.32 Å². The molecule has 1 atom stereocenters. The zero-order valence-corrected chi connectivity index (χ0v) is 12.8. The first-order valence-electron chi connectivity index (χ1n) is 7.84. The Balaban J connectivity index is 1.86. The van der Waals surface area contributed by atoms with Crippen LogP contribution in [-0.4, -0.2) is 28.5 Å². The maximum absolute atomic E-state index is 12.2. The number of carbonyl (C=O) groups is 1. The number of nitrogens with zero attached hydrogens (tertiary/aromatic N) is 1. The number of hydrogen-bond donors (Lipinski definition) is 1. The molecule has 0 aromatic rings. The first-order chi connectivity index (χ1) is 9.22. The molecular weight excluding hydrogens is 256 g/mol. The minimum Gasteiger partial charge on any atom is -0.346 e. The second-order valence-electron chi connectivity index (χ2n) is 5.88. The van der Waals surface area contributed by atoms with Gasteiger partial charge >= 0.3 is 0 Å². The molecule has 1 heterocycles. The fourth-order valence-corrected chi connectivity index (χ4v) is 3.68. The van der Waals surface area contributed by atoms with E-state index >= 15 is 0 Å². The molecule has 3 nitrogen and oxygen atoms in total. The average molecular weight is 282 g/mol. The molecule has 1 amide bonds. The van der Waals surface area contributed by atoms with Crippen LogP contribution in [0.4, 0.5) is 0 Å². The van der Waals surface area contributed by atoms with Gasteiger partial charge in [0, 0.05) is 18.5 Å². The van der Waals surface area contributed by atoms with Crippen molar-refractivity contribution in [3.05, 3.63) is 0 Å². The lowest BCUT2D eigenvalue weighted by atomic mass is 9.89. The molecule has 1 aliphatic heterocycles. The lowest BCUT2D eigenvalue weighted by Crippen LogP contribution is -2.51. The number of amides is 1. The van der Waals surface area contributed by atoms with E-state index in [1.54, 1.807) is 0 Å². The van der Waals surface area contributed by atoms with Crippen molar-refractivity contribution in [2.75, 3.05) is 6.54 Å². The van der Waals surface area contributed by atoms with E-state index in [2.05, 4.69) is 17.1 Å². The Labute approximate surface area is 122 Å². The zero-order valence-electron chi connectivity index (χ0n) is 12.0. The molecule has 0 bridgehead atoms. The van der Waals surface area contributed by atoms with Gasteiger partial charge in [0.1, 0.15) is 0 Å². The number of piperidine rings is 1. The van der Waals surface area contributed by atoms with Gasteiger partial charge in [-0.1, -0.05) is 26.2 Å². The number of hydrogen-bond acceptors (Lipinski definition) is 2. The summed E-state index contributed by atoms with van der Waals surface area (Å²) in [6.07, 6.45) is 10.5. The van der Waals surface area contributed by atoms with Gasteiger partial charge in [-0.3, -0.25) is 4.79 Å². The van der Waals surface area contributed by atoms with E-state index in [1.807, 2.05) is 0 Å². The molecule has 19 heavy (non-hydrogen) atoms. The Morgan fingerprint density at radius 1 is 1.16 bits per heavy atom. The van der Waals surface area contributed by atoms with Crippen molar-refractivity contribution in [2.45, 2.75) is 70.8 Å². The predicted molar refractivity (Wildman–Crippen MR) is 82.0 cm³/mol. The fraction of sp³-hybridized carbons (Fsp3) is 0.867. The quantitative estimate of drug-likeness (QED) is 0.789. The van der Waals surface area contributed by atoms with Crippen molar-refractivity contribution < 1.29 is 4.79 Å². The Kier molecular flexibility index (Phi) is 5.61. The van der Waals surface area contributed by atoms with E-state index in [0.29, 0.717) is 11.2 Å². The highest BCUT2D eigenvalue weighted by Crippen LogP contribution is 2.24. The second kappa shape index (κ2) is 7.22. The Morgan fingerprint density at radius 3 is 2.53 bits per heavy atom. The number of carbonyl (C=O) groups excluding carboxylic acids is 1. The summed E-state index contributed by atoms with van der Waals surface area (Å²) in [4.78, 5) is 14.5. The Morgan fingerprint density at radius 2 is 1.84 bits per heavy atom. The Bertz CT molecular complexity index is 326.